The van der Waals surface area contributed by atoms with Crippen LogP contribution in [-0.2, 0) is 6.54 Å². The topological polar surface area (TPSA) is 68.5 Å². The Morgan fingerprint density at radius 1 is 1.29 bits per heavy atom. The fraction of sp³-hybridized carbons (Fsp3) is 0.105. The lowest BCUT2D eigenvalue weighted by molar-refractivity contribution is 0.0948. The number of hydrogen-bond acceptors (Lipinski definition) is 4. The first-order chi connectivity index (χ1) is 13.5. The van der Waals surface area contributed by atoms with Crippen LogP contribution in [0.2, 0.25) is 5.02 Å². The van der Waals surface area contributed by atoms with Gasteiger partial charge in [-0.2, -0.15) is 10.2 Å². The minimum atomic E-state index is -0.424. The van der Waals surface area contributed by atoms with Gasteiger partial charge >= 0.3 is 0 Å². The number of carbonyl (C=O) groups is 1. The van der Waals surface area contributed by atoms with E-state index in [9.17, 15) is 4.79 Å². The molecular weight excluding hydrogens is 511 g/mol. The molecule has 144 valence electrons. The molecule has 3 rings (SSSR count). The lowest BCUT2D eigenvalue weighted by Crippen LogP contribution is -2.19. The maximum absolute atomic E-state index is 12.4. The maximum atomic E-state index is 12.4. The van der Waals surface area contributed by atoms with Gasteiger partial charge in [0.1, 0.15) is 5.75 Å². The Labute approximate surface area is 183 Å². The van der Waals surface area contributed by atoms with Crippen molar-refractivity contribution in [2.24, 2.45) is 5.10 Å². The van der Waals surface area contributed by atoms with Gasteiger partial charge in [0, 0.05) is 21.3 Å². The molecule has 0 saturated heterocycles. The molecule has 9 heteroatoms. The number of benzene rings is 2. The number of methoxy groups -OCH3 is 1. The van der Waals surface area contributed by atoms with Crippen molar-refractivity contribution in [2.75, 3.05) is 7.11 Å². The highest BCUT2D eigenvalue weighted by Gasteiger charge is 2.15. The summed E-state index contributed by atoms with van der Waals surface area (Å²) < 4.78 is 8.40. The molecule has 1 N–H and O–H groups in total. The molecule has 0 aliphatic heterocycles. The molecule has 1 amide bonds. The molecule has 0 radical (unpaired) electrons. The second-order valence-corrected chi connectivity index (χ2v) is 7.94. The van der Waals surface area contributed by atoms with Crippen molar-refractivity contribution in [3.63, 3.8) is 0 Å². The molecule has 1 aromatic heterocycles. The standard InChI is InChI=1S/C19H15Br2ClN4O2/c1-28-17-7-4-14(20)8-13(17)9-23-24-19(27)18-16(21)11-26(25-18)10-12-2-5-15(22)6-3-12/h2-9,11H,10H2,1H3,(H,24,27)/b23-9+. The van der Waals surface area contributed by atoms with Gasteiger partial charge in [0.05, 0.1) is 24.3 Å². The quantitative estimate of drug-likeness (QED) is 0.368. The van der Waals surface area contributed by atoms with Crippen molar-refractivity contribution in [1.82, 2.24) is 15.2 Å². The van der Waals surface area contributed by atoms with Crippen LogP contribution in [-0.4, -0.2) is 29.0 Å². The number of halogens is 3. The summed E-state index contributed by atoms with van der Waals surface area (Å²) in [6.45, 7) is 0.515. The Bertz CT molecular complexity index is 1020. The van der Waals surface area contributed by atoms with Gasteiger partial charge in [0.15, 0.2) is 5.69 Å². The Balaban J connectivity index is 1.68. The molecule has 6 nitrogen and oxygen atoms in total. The molecule has 0 bridgehead atoms. The average molecular weight is 527 g/mol. The van der Waals surface area contributed by atoms with E-state index < -0.39 is 5.91 Å². The summed E-state index contributed by atoms with van der Waals surface area (Å²) in [5.74, 6) is 0.224. The number of nitrogens with zero attached hydrogens (tertiary/aromatic N) is 3. The number of ether oxygens (including phenoxy) is 1. The Hall–Kier alpha value is -2.16. The lowest BCUT2D eigenvalue weighted by atomic mass is 10.2. The predicted octanol–water partition coefficient (Wildman–Crippen LogP) is 4.88. The summed E-state index contributed by atoms with van der Waals surface area (Å²) in [6, 6.07) is 13.0. The fourth-order valence-corrected chi connectivity index (χ4v) is 3.43. The zero-order valence-electron chi connectivity index (χ0n) is 14.7. The van der Waals surface area contributed by atoms with Crippen molar-refractivity contribution in [3.05, 3.63) is 79.5 Å². The van der Waals surface area contributed by atoms with E-state index in [0.717, 1.165) is 15.6 Å². The summed E-state index contributed by atoms with van der Waals surface area (Å²) in [7, 11) is 1.57. The number of carbonyl (C=O) groups excluding carboxylic acids is 1. The van der Waals surface area contributed by atoms with Crippen LogP contribution in [0.4, 0.5) is 0 Å². The van der Waals surface area contributed by atoms with E-state index in [2.05, 4.69) is 47.5 Å². The number of hydrazone groups is 1. The molecule has 0 aliphatic carbocycles. The smallest absolute Gasteiger partial charge is 0.293 e. The Morgan fingerprint density at radius 3 is 2.75 bits per heavy atom. The highest BCUT2D eigenvalue weighted by Crippen LogP contribution is 2.21. The van der Waals surface area contributed by atoms with Crippen molar-refractivity contribution >= 4 is 55.6 Å². The largest absolute Gasteiger partial charge is 0.496 e. The minimum absolute atomic E-state index is 0.243. The monoisotopic (exact) mass is 524 g/mol. The number of hydrogen-bond donors (Lipinski definition) is 1. The summed E-state index contributed by atoms with van der Waals surface area (Å²) in [6.07, 6.45) is 3.25. The van der Waals surface area contributed by atoms with E-state index in [1.54, 1.807) is 18.0 Å². The molecule has 1 heterocycles. The fourth-order valence-electron chi connectivity index (χ4n) is 2.43. The average Bonchev–Trinajstić information content (AvgIpc) is 3.04. The van der Waals surface area contributed by atoms with Crippen LogP contribution < -0.4 is 10.2 Å². The first-order valence-electron chi connectivity index (χ1n) is 8.10. The summed E-state index contributed by atoms with van der Waals surface area (Å²) in [4.78, 5) is 12.4. The van der Waals surface area contributed by atoms with Crippen LogP contribution in [0.25, 0.3) is 0 Å². The van der Waals surface area contributed by atoms with Crippen LogP contribution in [0.15, 0.2) is 62.7 Å². The van der Waals surface area contributed by atoms with Gasteiger partial charge in [0.2, 0.25) is 0 Å². The molecule has 0 spiro atoms. The molecule has 0 aliphatic rings. The highest BCUT2D eigenvalue weighted by molar-refractivity contribution is 9.10. The van der Waals surface area contributed by atoms with Crippen LogP contribution in [0, 0.1) is 0 Å². The van der Waals surface area contributed by atoms with Crippen LogP contribution >= 0.6 is 43.5 Å². The van der Waals surface area contributed by atoms with Crippen LogP contribution in [0.5, 0.6) is 5.75 Å². The summed E-state index contributed by atoms with van der Waals surface area (Å²) in [5.41, 5.74) is 4.47. The number of rotatable bonds is 6. The second-order valence-electron chi connectivity index (χ2n) is 5.74. The van der Waals surface area contributed by atoms with E-state index in [1.807, 2.05) is 42.5 Å². The molecule has 0 fully saturated rings. The van der Waals surface area contributed by atoms with Crippen molar-refractivity contribution in [3.8, 4) is 5.75 Å². The van der Waals surface area contributed by atoms with Gasteiger partial charge < -0.3 is 4.74 Å². The summed E-state index contributed by atoms with van der Waals surface area (Å²) >= 11 is 12.7. The second kappa shape index (κ2) is 9.36. The predicted molar refractivity (Wildman–Crippen MR) is 116 cm³/mol. The SMILES string of the molecule is COc1ccc(Br)cc1/C=N/NC(=O)c1nn(Cc2ccc(Cl)cc2)cc1Br. The molecule has 28 heavy (non-hydrogen) atoms. The van der Waals surface area contributed by atoms with Gasteiger partial charge in [-0.25, -0.2) is 5.43 Å². The minimum Gasteiger partial charge on any atom is -0.496 e. The van der Waals surface area contributed by atoms with Crippen molar-refractivity contribution in [1.29, 1.82) is 0 Å². The van der Waals surface area contributed by atoms with E-state index in [-0.39, 0.29) is 5.69 Å². The van der Waals surface area contributed by atoms with E-state index in [1.165, 1.54) is 6.21 Å². The van der Waals surface area contributed by atoms with Gasteiger partial charge in [-0.3, -0.25) is 9.48 Å². The molecule has 3 aromatic rings. The number of amides is 1. The maximum Gasteiger partial charge on any atom is 0.293 e. The van der Waals surface area contributed by atoms with Gasteiger partial charge in [-0.1, -0.05) is 39.7 Å². The number of nitrogens with one attached hydrogen (secondary N) is 1. The third kappa shape index (κ3) is 5.21. The molecule has 0 atom stereocenters. The number of aromatic nitrogens is 2. The first kappa shape index (κ1) is 20.6. The first-order valence-corrected chi connectivity index (χ1v) is 10.1. The third-order valence-electron chi connectivity index (χ3n) is 3.75. The Kier molecular flexibility index (Phi) is 6.88. The summed E-state index contributed by atoms with van der Waals surface area (Å²) in [5, 5.41) is 8.99. The molecule has 2 aromatic carbocycles. The van der Waals surface area contributed by atoms with Crippen LogP contribution in [0.3, 0.4) is 0 Å². The zero-order valence-corrected chi connectivity index (χ0v) is 18.6. The molecule has 0 unspecified atom stereocenters. The molecular formula is C19H15Br2ClN4O2. The van der Waals surface area contributed by atoms with Crippen molar-refractivity contribution in [2.45, 2.75) is 6.54 Å². The van der Waals surface area contributed by atoms with Gasteiger partial charge in [-0.15, -0.1) is 0 Å². The van der Waals surface area contributed by atoms with Gasteiger partial charge in [-0.05, 0) is 51.8 Å². The van der Waals surface area contributed by atoms with Gasteiger partial charge in [0.25, 0.3) is 5.91 Å². The van der Waals surface area contributed by atoms with Crippen LogP contribution in [0.1, 0.15) is 21.6 Å². The van der Waals surface area contributed by atoms with E-state index in [0.29, 0.717) is 21.8 Å². The van der Waals surface area contributed by atoms with Crippen molar-refractivity contribution < 1.29 is 9.53 Å². The molecule has 0 saturated carbocycles. The highest BCUT2D eigenvalue weighted by atomic mass is 79.9. The normalized spacial score (nSPS) is 11.0. The zero-order chi connectivity index (χ0) is 20.1. The third-order valence-corrected chi connectivity index (χ3v) is 5.08. The lowest BCUT2D eigenvalue weighted by Gasteiger charge is -2.04. The Morgan fingerprint density at radius 2 is 2.04 bits per heavy atom. The van der Waals surface area contributed by atoms with E-state index in [4.69, 9.17) is 16.3 Å². The van der Waals surface area contributed by atoms with E-state index >= 15 is 0 Å².